The van der Waals surface area contributed by atoms with E-state index in [2.05, 4.69) is 4.98 Å². The molecular formula is C19H24N2O5S. The van der Waals surface area contributed by atoms with Gasteiger partial charge in [0.1, 0.15) is 0 Å². The number of aliphatic hydroxyl groups is 1. The molecule has 1 fully saturated rings. The van der Waals surface area contributed by atoms with Crippen LogP contribution in [0.1, 0.15) is 25.3 Å². The molecule has 0 unspecified atom stereocenters. The molecule has 1 saturated heterocycles. The summed E-state index contributed by atoms with van der Waals surface area (Å²) in [6, 6.07) is 5.67. The van der Waals surface area contributed by atoms with E-state index >= 15 is 0 Å². The molecular weight excluding hydrogens is 368 g/mol. The fourth-order valence-electron chi connectivity index (χ4n) is 3.54. The van der Waals surface area contributed by atoms with Crippen LogP contribution in [0.5, 0.6) is 16.7 Å². The SMILES string of the molecule is COC(=O)N1C[C@@H](c2ccc(OC)c(Oc3nccs3)c2)[C@](C)([C@@H](C)O)C1. The van der Waals surface area contributed by atoms with Crippen LogP contribution in [0.3, 0.4) is 0 Å². The zero-order valence-electron chi connectivity index (χ0n) is 15.8. The first kappa shape index (κ1) is 19.4. The van der Waals surface area contributed by atoms with E-state index in [9.17, 15) is 9.90 Å². The van der Waals surface area contributed by atoms with Gasteiger partial charge in [0.05, 0.1) is 20.3 Å². The summed E-state index contributed by atoms with van der Waals surface area (Å²) >= 11 is 1.39. The smallest absolute Gasteiger partial charge is 0.409 e. The summed E-state index contributed by atoms with van der Waals surface area (Å²) in [4.78, 5) is 17.8. The van der Waals surface area contributed by atoms with Crippen LogP contribution in [0.25, 0.3) is 0 Å². The molecule has 7 nitrogen and oxygen atoms in total. The fraction of sp³-hybridized carbons (Fsp3) is 0.474. The molecule has 3 rings (SSSR count). The van der Waals surface area contributed by atoms with E-state index in [0.717, 1.165) is 5.56 Å². The molecule has 1 aromatic heterocycles. The van der Waals surface area contributed by atoms with Crippen molar-refractivity contribution in [1.82, 2.24) is 9.88 Å². The van der Waals surface area contributed by atoms with Crippen molar-refractivity contribution in [2.45, 2.75) is 25.9 Å². The zero-order valence-corrected chi connectivity index (χ0v) is 16.7. The van der Waals surface area contributed by atoms with Gasteiger partial charge in [-0.15, -0.1) is 0 Å². The predicted octanol–water partition coefficient (Wildman–Crippen LogP) is 3.50. The van der Waals surface area contributed by atoms with Crippen LogP contribution >= 0.6 is 11.3 Å². The molecule has 0 saturated carbocycles. The minimum Gasteiger partial charge on any atom is -0.493 e. The van der Waals surface area contributed by atoms with Gasteiger partial charge in [-0.05, 0) is 24.6 Å². The first-order valence-electron chi connectivity index (χ1n) is 8.65. The molecule has 2 aromatic rings. The topological polar surface area (TPSA) is 81.1 Å². The number of aliphatic hydroxyl groups excluding tert-OH is 1. The number of hydrogen-bond acceptors (Lipinski definition) is 7. The average Bonchev–Trinajstić information content (AvgIpc) is 3.29. The quantitative estimate of drug-likeness (QED) is 0.839. The number of rotatable bonds is 5. The van der Waals surface area contributed by atoms with Crippen molar-refractivity contribution in [2.75, 3.05) is 27.3 Å². The van der Waals surface area contributed by atoms with Crippen LogP contribution < -0.4 is 9.47 Å². The molecule has 0 aliphatic carbocycles. The number of likely N-dealkylation sites (tertiary alicyclic amines) is 1. The Morgan fingerprint density at radius 3 is 2.78 bits per heavy atom. The first-order chi connectivity index (χ1) is 12.9. The normalized spacial score (nSPS) is 23.1. The minimum absolute atomic E-state index is 0.0823. The summed E-state index contributed by atoms with van der Waals surface area (Å²) in [5.74, 6) is 1.06. The Labute approximate surface area is 162 Å². The standard InChI is InChI=1S/C19H24N2O5S/c1-12(22)19(2)11-21(18(23)25-4)10-14(19)13-5-6-15(24-3)16(9-13)26-17-20-7-8-27-17/h5-9,12,14,22H,10-11H2,1-4H3/t12-,14+,19+/m1/s1. The lowest BCUT2D eigenvalue weighted by atomic mass is 9.72. The molecule has 0 radical (unpaired) electrons. The minimum atomic E-state index is -0.609. The molecule has 3 atom stereocenters. The second-order valence-electron chi connectivity index (χ2n) is 6.90. The maximum Gasteiger partial charge on any atom is 0.409 e. The van der Waals surface area contributed by atoms with Gasteiger partial charge >= 0.3 is 6.09 Å². The third-order valence-electron chi connectivity index (χ3n) is 5.31. The van der Waals surface area contributed by atoms with Crippen LogP contribution in [0, 0.1) is 5.41 Å². The highest BCUT2D eigenvalue weighted by molar-refractivity contribution is 7.11. The summed E-state index contributed by atoms with van der Waals surface area (Å²) in [7, 11) is 2.95. The lowest BCUT2D eigenvalue weighted by Gasteiger charge is -2.33. The molecule has 1 aliphatic heterocycles. The van der Waals surface area contributed by atoms with Gasteiger partial charge < -0.3 is 24.2 Å². The number of methoxy groups -OCH3 is 2. The monoisotopic (exact) mass is 392 g/mol. The van der Waals surface area contributed by atoms with Crippen molar-refractivity contribution < 1.29 is 24.1 Å². The third-order valence-corrected chi connectivity index (χ3v) is 5.96. The Balaban J connectivity index is 1.96. The van der Waals surface area contributed by atoms with Crippen molar-refractivity contribution >= 4 is 17.4 Å². The zero-order chi connectivity index (χ0) is 19.6. The molecule has 1 aliphatic rings. The molecule has 146 valence electrons. The Morgan fingerprint density at radius 1 is 1.41 bits per heavy atom. The highest BCUT2D eigenvalue weighted by Gasteiger charge is 2.48. The van der Waals surface area contributed by atoms with Gasteiger partial charge in [-0.3, -0.25) is 0 Å². The number of hydrogen-bond donors (Lipinski definition) is 1. The molecule has 27 heavy (non-hydrogen) atoms. The van der Waals surface area contributed by atoms with Crippen LogP contribution in [0.4, 0.5) is 4.79 Å². The van der Waals surface area contributed by atoms with Gasteiger partial charge in [0.15, 0.2) is 11.5 Å². The van der Waals surface area contributed by atoms with Crippen LogP contribution in [0.2, 0.25) is 0 Å². The van der Waals surface area contributed by atoms with E-state index in [4.69, 9.17) is 14.2 Å². The van der Waals surface area contributed by atoms with E-state index in [1.165, 1.54) is 18.4 Å². The second-order valence-corrected chi connectivity index (χ2v) is 7.75. The summed E-state index contributed by atoms with van der Waals surface area (Å²) in [6.45, 7) is 4.61. The van der Waals surface area contributed by atoms with Crippen LogP contribution in [0.15, 0.2) is 29.8 Å². The first-order valence-corrected chi connectivity index (χ1v) is 9.53. The van der Waals surface area contributed by atoms with Crippen molar-refractivity contribution in [3.8, 4) is 16.7 Å². The summed E-state index contributed by atoms with van der Waals surface area (Å²) in [5.41, 5.74) is 0.443. The average molecular weight is 392 g/mol. The number of carbonyl (C=O) groups is 1. The van der Waals surface area contributed by atoms with Crippen molar-refractivity contribution in [3.05, 3.63) is 35.3 Å². The molecule has 2 heterocycles. The number of ether oxygens (including phenoxy) is 3. The highest BCUT2D eigenvalue weighted by atomic mass is 32.1. The molecule has 1 N–H and O–H groups in total. The van der Waals surface area contributed by atoms with Crippen LogP contribution in [-0.4, -0.2) is 54.5 Å². The van der Waals surface area contributed by atoms with Gasteiger partial charge in [0.25, 0.3) is 5.19 Å². The number of benzene rings is 1. The molecule has 8 heteroatoms. The largest absolute Gasteiger partial charge is 0.493 e. The third kappa shape index (κ3) is 3.72. The Hall–Kier alpha value is -2.32. The molecule has 0 bridgehead atoms. The van der Waals surface area contributed by atoms with E-state index in [0.29, 0.717) is 29.8 Å². The maximum atomic E-state index is 12.1. The van der Waals surface area contributed by atoms with Gasteiger partial charge in [0.2, 0.25) is 0 Å². The van der Waals surface area contributed by atoms with Crippen molar-refractivity contribution in [3.63, 3.8) is 0 Å². The Bertz CT molecular complexity index is 795. The lowest BCUT2D eigenvalue weighted by molar-refractivity contribution is 0.0470. The number of nitrogens with zero attached hydrogens (tertiary/aromatic N) is 2. The van der Waals surface area contributed by atoms with E-state index in [-0.39, 0.29) is 5.92 Å². The van der Waals surface area contributed by atoms with Gasteiger partial charge in [-0.2, -0.15) is 0 Å². The van der Waals surface area contributed by atoms with Crippen LogP contribution in [-0.2, 0) is 4.74 Å². The molecule has 1 aromatic carbocycles. The second kappa shape index (κ2) is 7.74. The Kier molecular flexibility index (Phi) is 5.57. The lowest BCUT2D eigenvalue weighted by Crippen LogP contribution is -2.38. The van der Waals surface area contributed by atoms with Crippen molar-refractivity contribution in [2.24, 2.45) is 5.41 Å². The number of carbonyl (C=O) groups excluding carboxylic acids is 1. The summed E-state index contributed by atoms with van der Waals surface area (Å²) in [5, 5.41) is 12.8. The molecule has 1 amide bonds. The van der Waals surface area contributed by atoms with Crippen molar-refractivity contribution in [1.29, 1.82) is 0 Å². The Morgan fingerprint density at radius 2 is 2.19 bits per heavy atom. The van der Waals surface area contributed by atoms with E-state index in [1.807, 2.05) is 30.5 Å². The number of aromatic nitrogens is 1. The van der Waals surface area contributed by atoms with E-state index in [1.54, 1.807) is 25.1 Å². The van der Waals surface area contributed by atoms with E-state index < -0.39 is 17.6 Å². The molecule has 0 spiro atoms. The number of thiazole rings is 1. The maximum absolute atomic E-state index is 12.1. The summed E-state index contributed by atoms with van der Waals surface area (Å²) in [6.07, 6.45) is 0.672. The highest BCUT2D eigenvalue weighted by Crippen LogP contribution is 2.47. The predicted molar refractivity (Wildman–Crippen MR) is 102 cm³/mol. The summed E-state index contributed by atoms with van der Waals surface area (Å²) < 4.78 is 16.2. The fourth-order valence-corrected chi connectivity index (χ4v) is 4.03. The van der Waals surface area contributed by atoms with Gasteiger partial charge in [0, 0.05) is 36.0 Å². The van der Waals surface area contributed by atoms with Gasteiger partial charge in [-0.25, -0.2) is 9.78 Å². The number of amides is 1. The van der Waals surface area contributed by atoms with Gasteiger partial charge in [-0.1, -0.05) is 24.3 Å².